The summed E-state index contributed by atoms with van der Waals surface area (Å²) in [6.45, 7) is -3.08. The van der Waals surface area contributed by atoms with E-state index in [1.54, 1.807) is 0 Å². The smallest absolute Gasteiger partial charge is 0.383 e. The second-order valence-corrected chi connectivity index (χ2v) is 6.11. The van der Waals surface area contributed by atoms with Crippen molar-refractivity contribution in [2.24, 2.45) is 0 Å². The Kier molecular flexibility index (Phi) is 4.97. The number of anilines is 1. The summed E-state index contributed by atoms with van der Waals surface area (Å²) in [4.78, 5) is 0. The van der Waals surface area contributed by atoms with Crippen molar-refractivity contribution in [2.45, 2.75) is 18.9 Å². The van der Waals surface area contributed by atoms with E-state index in [0.717, 1.165) is 18.3 Å². The van der Waals surface area contributed by atoms with Crippen molar-refractivity contribution in [2.75, 3.05) is 5.73 Å². The molecule has 0 atom stereocenters. The molecule has 0 aliphatic rings. The van der Waals surface area contributed by atoms with Gasteiger partial charge in [0, 0.05) is 17.3 Å². The van der Waals surface area contributed by atoms with E-state index in [-0.39, 0.29) is 4.68 Å². The van der Waals surface area contributed by atoms with E-state index in [1.165, 1.54) is 0 Å². The standard InChI is InChI=1S/C15H8ClF8N5/c16-8-4-6(3-7(5-8)14(19,20)21)10-11(15(22,23)24)27-29(12(10)25)9-1-2-28(26-9)13(17)18/h1-5,13H,25H2. The number of hydrogen-bond acceptors (Lipinski definition) is 3. The number of halogens is 9. The van der Waals surface area contributed by atoms with Crippen molar-refractivity contribution in [3.8, 4) is 16.9 Å². The highest BCUT2D eigenvalue weighted by atomic mass is 35.5. The van der Waals surface area contributed by atoms with Crippen LogP contribution in [0, 0.1) is 0 Å². The van der Waals surface area contributed by atoms with Gasteiger partial charge in [0.15, 0.2) is 11.5 Å². The number of rotatable bonds is 3. The predicted molar refractivity (Wildman–Crippen MR) is 85.5 cm³/mol. The van der Waals surface area contributed by atoms with E-state index in [0.29, 0.717) is 16.8 Å². The van der Waals surface area contributed by atoms with Crippen LogP contribution >= 0.6 is 11.6 Å². The number of benzene rings is 1. The number of nitrogens with zero attached hydrogens (tertiary/aromatic N) is 4. The summed E-state index contributed by atoms with van der Waals surface area (Å²) in [7, 11) is 0. The molecule has 0 spiro atoms. The maximum Gasteiger partial charge on any atom is 0.435 e. The van der Waals surface area contributed by atoms with Crippen LogP contribution in [0.25, 0.3) is 16.9 Å². The van der Waals surface area contributed by atoms with Crippen LogP contribution < -0.4 is 5.73 Å². The van der Waals surface area contributed by atoms with Crippen molar-refractivity contribution in [3.05, 3.63) is 46.7 Å². The highest BCUT2D eigenvalue weighted by Crippen LogP contribution is 2.43. The Bertz CT molecular complexity index is 1050. The molecule has 3 aromatic rings. The fourth-order valence-corrected chi connectivity index (χ4v) is 2.77. The monoisotopic (exact) mass is 445 g/mol. The summed E-state index contributed by atoms with van der Waals surface area (Å²) in [6, 6.07) is 2.72. The summed E-state index contributed by atoms with van der Waals surface area (Å²) in [5.41, 5.74) is 1.27. The molecule has 0 radical (unpaired) electrons. The van der Waals surface area contributed by atoms with Gasteiger partial charge in [0.1, 0.15) is 5.82 Å². The molecule has 156 valence electrons. The SMILES string of the molecule is Nc1c(-c2cc(Cl)cc(C(F)(F)F)c2)c(C(F)(F)F)nn1-c1ccn(C(F)F)n1. The van der Waals surface area contributed by atoms with Crippen molar-refractivity contribution in [1.82, 2.24) is 19.6 Å². The third-order valence-corrected chi connectivity index (χ3v) is 3.93. The Morgan fingerprint density at radius 1 is 0.966 bits per heavy atom. The van der Waals surface area contributed by atoms with Crippen molar-refractivity contribution >= 4 is 17.4 Å². The van der Waals surface area contributed by atoms with Gasteiger partial charge in [-0.1, -0.05) is 11.6 Å². The van der Waals surface area contributed by atoms with Gasteiger partial charge < -0.3 is 5.73 Å². The van der Waals surface area contributed by atoms with Gasteiger partial charge >= 0.3 is 18.9 Å². The van der Waals surface area contributed by atoms with Crippen LogP contribution in [-0.2, 0) is 12.4 Å². The molecule has 5 nitrogen and oxygen atoms in total. The zero-order valence-electron chi connectivity index (χ0n) is 13.7. The van der Waals surface area contributed by atoms with Crippen LogP contribution in [0.1, 0.15) is 17.8 Å². The van der Waals surface area contributed by atoms with Gasteiger partial charge in [-0.2, -0.15) is 44.9 Å². The fourth-order valence-electron chi connectivity index (χ4n) is 2.54. The van der Waals surface area contributed by atoms with Crippen LogP contribution in [0.5, 0.6) is 0 Å². The number of nitrogen functional groups attached to an aromatic ring is 1. The van der Waals surface area contributed by atoms with Gasteiger partial charge in [0.05, 0.1) is 11.1 Å². The Morgan fingerprint density at radius 2 is 1.62 bits per heavy atom. The second-order valence-electron chi connectivity index (χ2n) is 5.68. The lowest BCUT2D eigenvalue weighted by Gasteiger charge is -2.11. The molecule has 0 aliphatic carbocycles. The minimum atomic E-state index is -5.12. The van der Waals surface area contributed by atoms with E-state index in [1.807, 2.05) is 0 Å². The predicted octanol–water partition coefficient (Wildman–Crippen LogP) is 5.40. The van der Waals surface area contributed by atoms with E-state index in [9.17, 15) is 35.1 Å². The number of nitrogens with two attached hydrogens (primary N) is 1. The van der Waals surface area contributed by atoms with Gasteiger partial charge in [-0.05, 0) is 23.8 Å². The van der Waals surface area contributed by atoms with Crippen LogP contribution in [0.4, 0.5) is 40.9 Å². The van der Waals surface area contributed by atoms with E-state index in [4.69, 9.17) is 17.3 Å². The van der Waals surface area contributed by atoms with Crippen LogP contribution in [-0.4, -0.2) is 19.6 Å². The highest BCUT2D eigenvalue weighted by Gasteiger charge is 2.40. The van der Waals surface area contributed by atoms with E-state index >= 15 is 0 Å². The van der Waals surface area contributed by atoms with Gasteiger partial charge in [-0.3, -0.25) is 0 Å². The largest absolute Gasteiger partial charge is 0.435 e. The minimum absolute atomic E-state index is 0.143. The quantitative estimate of drug-likeness (QED) is 0.549. The van der Waals surface area contributed by atoms with Crippen molar-refractivity contribution < 1.29 is 35.1 Å². The first-order valence-electron chi connectivity index (χ1n) is 7.46. The molecule has 2 heterocycles. The first-order chi connectivity index (χ1) is 13.3. The second kappa shape index (κ2) is 6.90. The lowest BCUT2D eigenvalue weighted by Crippen LogP contribution is -2.09. The molecular weight excluding hydrogens is 438 g/mol. The zero-order chi connectivity index (χ0) is 21.7. The average Bonchev–Trinajstić information content (AvgIpc) is 3.17. The zero-order valence-corrected chi connectivity index (χ0v) is 14.5. The summed E-state index contributed by atoms with van der Waals surface area (Å²) >= 11 is 5.64. The molecular formula is C15H8ClF8N5. The molecule has 0 saturated carbocycles. The maximum atomic E-state index is 13.5. The Balaban J connectivity index is 2.26. The Hall–Kier alpha value is -2.83. The fraction of sp³-hybridized carbons (Fsp3) is 0.200. The molecule has 0 aliphatic heterocycles. The molecule has 14 heteroatoms. The van der Waals surface area contributed by atoms with Gasteiger partial charge in [-0.15, -0.1) is 5.10 Å². The molecule has 2 aromatic heterocycles. The van der Waals surface area contributed by atoms with Gasteiger partial charge in [-0.25, -0.2) is 4.68 Å². The molecule has 0 fully saturated rings. The molecule has 29 heavy (non-hydrogen) atoms. The molecule has 0 saturated heterocycles. The van der Waals surface area contributed by atoms with Crippen LogP contribution in [0.2, 0.25) is 5.02 Å². The first kappa shape index (κ1) is 20.9. The first-order valence-corrected chi connectivity index (χ1v) is 7.84. The molecule has 3 rings (SSSR count). The Labute approximate surface area is 161 Å². The lowest BCUT2D eigenvalue weighted by atomic mass is 10.0. The van der Waals surface area contributed by atoms with Gasteiger partial charge in [0.25, 0.3) is 0 Å². The summed E-state index contributed by atoms with van der Waals surface area (Å²) in [5, 5.41) is 6.11. The summed E-state index contributed by atoms with van der Waals surface area (Å²) < 4.78 is 105. The molecule has 0 unspecified atom stereocenters. The van der Waals surface area contributed by atoms with Crippen molar-refractivity contribution in [1.29, 1.82) is 0 Å². The Morgan fingerprint density at radius 3 is 2.14 bits per heavy atom. The van der Waals surface area contributed by atoms with Gasteiger partial charge in [0.2, 0.25) is 0 Å². The minimum Gasteiger partial charge on any atom is -0.383 e. The maximum absolute atomic E-state index is 13.5. The molecule has 1 aromatic carbocycles. The molecule has 0 bridgehead atoms. The normalized spacial score (nSPS) is 12.8. The number of aromatic nitrogens is 4. The third-order valence-electron chi connectivity index (χ3n) is 3.71. The van der Waals surface area contributed by atoms with Crippen LogP contribution in [0.3, 0.4) is 0 Å². The summed E-state index contributed by atoms with van der Waals surface area (Å²) in [5.74, 6) is -1.25. The number of hydrogen-bond donors (Lipinski definition) is 1. The molecule has 2 N–H and O–H groups in total. The topological polar surface area (TPSA) is 61.7 Å². The number of alkyl halides is 8. The third kappa shape index (κ3) is 3.99. The average molecular weight is 446 g/mol. The van der Waals surface area contributed by atoms with E-state index in [2.05, 4.69) is 10.2 Å². The highest BCUT2D eigenvalue weighted by molar-refractivity contribution is 6.31. The van der Waals surface area contributed by atoms with Crippen LogP contribution in [0.15, 0.2) is 30.5 Å². The summed E-state index contributed by atoms with van der Waals surface area (Å²) in [6.07, 6.45) is -9.24. The molecule has 0 amide bonds. The van der Waals surface area contributed by atoms with E-state index < -0.39 is 57.9 Å². The lowest BCUT2D eigenvalue weighted by molar-refractivity contribution is -0.140. The van der Waals surface area contributed by atoms with Crippen molar-refractivity contribution in [3.63, 3.8) is 0 Å².